The molecule has 1 unspecified atom stereocenters. The zero-order valence-electron chi connectivity index (χ0n) is 20.6. The quantitative estimate of drug-likeness (QED) is 0.293. The highest BCUT2D eigenvalue weighted by Crippen LogP contribution is 2.43. The summed E-state index contributed by atoms with van der Waals surface area (Å²) in [5.41, 5.74) is 1.94. The topological polar surface area (TPSA) is 81.9 Å². The van der Waals surface area contributed by atoms with Gasteiger partial charge in [0.1, 0.15) is 11.4 Å². The maximum absolute atomic E-state index is 13.8. The molecule has 0 fully saturated rings. The second-order valence-electron chi connectivity index (χ2n) is 8.86. The first kappa shape index (κ1) is 23.6. The first-order chi connectivity index (χ1) is 17.5. The van der Waals surface area contributed by atoms with Crippen LogP contribution in [0.15, 0.2) is 70.0 Å². The Morgan fingerprint density at radius 3 is 2.64 bits per heavy atom. The molecule has 0 saturated carbocycles. The van der Waals surface area contributed by atoms with Gasteiger partial charge in [0.05, 0.1) is 30.7 Å². The average molecular weight is 485 g/mol. The molecule has 0 spiro atoms. The van der Waals surface area contributed by atoms with Crippen LogP contribution in [0, 0.1) is 6.92 Å². The van der Waals surface area contributed by atoms with E-state index >= 15 is 0 Å². The second-order valence-corrected chi connectivity index (χ2v) is 8.86. The predicted octanol–water partition coefficient (Wildman–Crippen LogP) is 5.82. The molecule has 0 radical (unpaired) electrons. The van der Waals surface area contributed by atoms with E-state index in [1.165, 1.54) is 0 Å². The maximum Gasteiger partial charge on any atom is 0.296 e. The van der Waals surface area contributed by atoms with Crippen molar-refractivity contribution in [1.82, 2.24) is 4.98 Å². The Morgan fingerprint density at radius 1 is 1.03 bits per heavy atom. The van der Waals surface area contributed by atoms with Crippen LogP contribution in [0.3, 0.4) is 0 Å². The van der Waals surface area contributed by atoms with Crippen LogP contribution < -0.4 is 19.8 Å². The highest BCUT2D eigenvalue weighted by atomic mass is 16.5. The molecule has 2 aromatic carbocycles. The van der Waals surface area contributed by atoms with Crippen LogP contribution >= 0.6 is 0 Å². The number of fused-ring (bicyclic) bond motifs is 2. The van der Waals surface area contributed by atoms with Gasteiger partial charge in [0.15, 0.2) is 16.9 Å². The lowest BCUT2D eigenvalue weighted by molar-refractivity contribution is 0.0970. The molecule has 0 bridgehead atoms. The number of pyridine rings is 1. The minimum Gasteiger partial charge on any atom is -0.493 e. The van der Waals surface area contributed by atoms with Gasteiger partial charge in [0.25, 0.3) is 5.91 Å². The lowest BCUT2D eigenvalue weighted by Crippen LogP contribution is -2.31. The van der Waals surface area contributed by atoms with Gasteiger partial charge in [-0.25, -0.2) is 4.98 Å². The molecule has 2 aromatic heterocycles. The van der Waals surface area contributed by atoms with Crippen molar-refractivity contribution >= 4 is 22.7 Å². The van der Waals surface area contributed by atoms with Crippen molar-refractivity contribution in [3.63, 3.8) is 0 Å². The number of amides is 1. The molecule has 1 aliphatic heterocycles. The summed E-state index contributed by atoms with van der Waals surface area (Å²) in [6.07, 6.45) is 4.78. The molecule has 0 aliphatic carbocycles. The van der Waals surface area contributed by atoms with Crippen molar-refractivity contribution in [1.29, 1.82) is 0 Å². The van der Waals surface area contributed by atoms with Crippen LogP contribution in [-0.2, 0) is 0 Å². The lowest BCUT2D eigenvalue weighted by atomic mass is 9.98. The molecule has 1 amide bonds. The third-order valence-electron chi connectivity index (χ3n) is 6.50. The Labute approximate surface area is 209 Å². The molecular formula is C29H28N2O5. The minimum atomic E-state index is -0.731. The Bertz CT molecular complexity index is 1490. The van der Waals surface area contributed by atoms with Crippen LogP contribution in [-0.4, -0.2) is 24.6 Å². The number of carbonyl (C=O) groups excluding carboxylic acids is 1. The summed E-state index contributed by atoms with van der Waals surface area (Å²) in [7, 11) is 1.58. The first-order valence-electron chi connectivity index (χ1n) is 12.2. The Kier molecular flexibility index (Phi) is 6.46. The van der Waals surface area contributed by atoms with Crippen molar-refractivity contribution in [2.75, 3.05) is 18.6 Å². The fraction of sp³-hybridized carbons (Fsp3) is 0.276. The lowest BCUT2D eigenvalue weighted by Gasteiger charge is -2.26. The van der Waals surface area contributed by atoms with Gasteiger partial charge in [0.2, 0.25) is 5.76 Å². The highest BCUT2D eigenvalue weighted by molar-refractivity contribution is 6.10. The van der Waals surface area contributed by atoms with Crippen LogP contribution in [0.4, 0.5) is 5.82 Å². The van der Waals surface area contributed by atoms with E-state index in [0.29, 0.717) is 46.0 Å². The molecule has 3 heterocycles. The molecule has 0 N–H and O–H groups in total. The average Bonchev–Trinajstić information content (AvgIpc) is 3.19. The van der Waals surface area contributed by atoms with E-state index in [1.807, 2.05) is 37.3 Å². The number of aromatic nitrogens is 1. The second kappa shape index (κ2) is 9.85. The number of aryl methyl sites for hydroxylation is 1. The SMILES string of the molecule is CCCCCOc1ccc(C2c3c(oc4ccccc4c3=O)C(=O)N2c2ncccc2C)cc1OC. The third kappa shape index (κ3) is 4.00. The van der Waals surface area contributed by atoms with Crippen molar-refractivity contribution in [2.45, 2.75) is 39.2 Å². The van der Waals surface area contributed by atoms with E-state index in [-0.39, 0.29) is 11.2 Å². The number of anilines is 1. The number of nitrogens with zero attached hydrogens (tertiary/aromatic N) is 2. The van der Waals surface area contributed by atoms with Crippen molar-refractivity contribution in [2.24, 2.45) is 0 Å². The standard InChI is InChI=1S/C29H28N2O5/c1-4-5-8-16-35-22-14-13-19(17-23(22)34-3)25-24-26(32)20-11-6-7-12-21(20)36-27(24)29(33)31(25)28-18(2)10-9-15-30-28/h6-7,9-15,17,25H,4-5,8,16H2,1-3H3. The maximum atomic E-state index is 13.8. The van der Waals surface area contributed by atoms with Crippen LogP contribution in [0.5, 0.6) is 11.5 Å². The summed E-state index contributed by atoms with van der Waals surface area (Å²) >= 11 is 0. The molecule has 184 valence electrons. The van der Waals surface area contributed by atoms with Crippen LogP contribution in [0.1, 0.15) is 59.5 Å². The Morgan fingerprint density at radius 2 is 1.86 bits per heavy atom. The third-order valence-corrected chi connectivity index (χ3v) is 6.50. The summed E-state index contributed by atoms with van der Waals surface area (Å²) in [5, 5.41) is 0.427. The van der Waals surface area contributed by atoms with Gasteiger partial charge in [-0.1, -0.05) is 44.0 Å². The monoisotopic (exact) mass is 484 g/mol. The summed E-state index contributed by atoms with van der Waals surface area (Å²) in [5.74, 6) is 1.26. The molecule has 7 nitrogen and oxygen atoms in total. The number of hydrogen-bond donors (Lipinski definition) is 0. The Hall–Kier alpha value is -4.13. The molecule has 4 aromatic rings. The minimum absolute atomic E-state index is 0.0348. The van der Waals surface area contributed by atoms with E-state index in [1.54, 1.807) is 42.5 Å². The number of para-hydroxylation sites is 1. The first-order valence-corrected chi connectivity index (χ1v) is 12.2. The molecular weight excluding hydrogens is 456 g/mol. The zero-order valence-corrected chi connectivity index (χ0v) is 20.6. The zero-order chi connectivity index (χ0) is 25.2. The fourth-order valence-corrected chi connectivity index (χ4v) is 4.69. The van der Waals surface area contributed by atoms with E-state index in [9.17, 15) is 9.59 Å². The van der Waals surface area contributed by atoms with E-state index in [2.05, 4.69) is 11.9 Å². The van der Waals surface area contributed by atoms with Gasteiger partial charge in [-0.3, -0.25) is 14.5 Å². The van der Waals surface area contributed by atoms with Crippen molar-refractivity contribution in [3.05, 3.63) is 93.5 Å². The normalized spacial score (nSPS) is 14.8. The van der Waals surface area contributed by atoms with Gasteiger partial charge in [0, 0.05) is 6.20 Å². The van der Waals surface area contributed by atoms with Gasteiger partial charge in [-0.15, -0.1) is 0 Å². The van der Waals surface area contributed by atoms with Gasteiger partial charge >= 0.3 is 0 Å². The molecule has 0 saturated heterocycles. The van der Waals surface area contributed by atoms with Crippen molar-refractivity contribution in [3.8, 4) is 11.5 Å². The number of unbranched alkanes of at least 4 members (excludes halogenated alkanes) is 2. The number of methoxy groups -OCH3 is 1. The molecule has 36 heavy (non-hydrogen) atoms. The number of ether oxygens (including phenoxy) is 2. The predicted molar refractivity (Wildman–Crippen MR) is 138 cm³/mol. The number of carbonyl (C=O) groups is 1. The summed E-state index contributed by atoms with van der Waals surface area (Å²) in [4.78, 5) is 33.5. The number of rotatable bonds is 8. The van der Waals surface area contributed by atoms with Crippen LogP contribution in [0.2, 0.25) is 0 Å². The molecule has 5 rings (SSSR count). The van der Waals surface area contributed by atoms with E-state index in [0.717, 1.165) is 24.8 Å². The van der Waals surface area contributed by atoms with Crippen LogP contribution in [0.25, 0.3) is 11.0 Å². The van der Waals surface area contributed by atoms with Gasteiger partial charge < -0.3 is 13.9 Å². The molecule has 7 heteroatoms. The molecule has 1 aliphatic rings. The highest BCUT2D eigenvalue weighted by Gasteiger charge is 2.45. The van der Waals surface area contributed by atoms with E-state index in [4.69, 9.17) is 13.9 Å². The summed E-state index contributed by atoms with van der Waals surface area (Å²) in [6.45, 7) is 4.61. The van der Waals surface area contributed by atoms with Gasteiger partial charge in [-0.05, 0) is 54.8 Å². The van der Waals surface area contributed by atoms with E-state index < -0.39 is 11.9 Å². The number of hydrogen-bond acceptors (Lipinski definition) is 6. The number of benzene rings is 2. The largest absolute Gasteiger partial charge is 0.493 e. The smallest absolute Gasteiger partial charge is 0.296 e. The van der Waals surface area contributed by atoms with Gasteiger partial charge in [-0.2, -0.15) is 0 Å². The molecule has 1 atom stereocenters. The van der Waals surface area contributed by atoms with Crippen molar-refractivity contribution < 1.29 is 18.7 Å². The summed E-state index contributed by atoms with van der Waals surface area (Å²) < 4.78 is 17.6. The summed E-state index contributed by atoms with van der Waals surface area (Å²) in [6, 6.07) is 15.5. The fourth-order valence-electron chi connectivity index (χ4n) is 4.69. The Balaban J connectivity index is 1.67.